The predicted molar refractivity (Wildman–Crippen MR) is 127 cm³/mol. The molecule has 188 valence electrons. The summed E-state index contributed by atoms with van der Waals surface area (Å²) in [4.78, 5) is 40.6. The molecule has 2 aromatic rings. The van der Waals surface area contributed by atoms with Crippen molar-refractivity contribution in [2.24, 2.45) is 24.6 Å². The molecule has 36 heavy (non-hydrogen) atoms. The molecule has 1 amide bonds. The van der Waals surface area contributed by atoms with Gasteiger partial charge < -0.3 is 31.1 Å². The minimum atomic E-state index is -2.59. The van der Waals surface area contributed by atoms with E-state index in [-0.39, 0.29) is 36.1 Å². The van der Waals surface area contributed by atoms with Crippen LogP contribution in [0.3, 0.4) is 0 Å². The Morgan fingerprint density at radius 2 is 1.92 bits per heavy atom. The average molecular weight is 495 g/mol. The number of aliphatic hydroxyl groups excluding tert-OH is 2. The number of amides is 1. The highest BCUT2D eigenvalue weighted by Crippen LogP contribution is 2.53. The van der Waals surface area contributed by atoms with Crippen LogP contribution in [-0.2, 0) is 23.1 Å². The van der Waals surface area contributed by atoms with Crippen LogP contribution in [-0.4, -0.2) is 67.4 Å². The molecule has 0 bridgehead atoms. The number of hydrogen-bond acceptors (Lipinski definition) is 9. The van der Waals surface area contributed by atoms with E-state index in [4.69, 9.17) is 5.73 Å². The van der Waals surface area contributed by atoms with Gasteiger partial charge in [-0.2, -0.15) is 5.10 Å². The van der Waals surface area contributed by atoms with Gasteiger partial charge in [0.05, 0.1) is 11.3 Å². The Balaban J connectivity index is 1.74. The fourth-order valence-electron chi connectivity index (χ4n) is 5.90. The monoisotopic (exact) mass is 494 g/mol. The quantitative estimate of drug-likeness (QED) is 0.390. The fourth-order valence-corrected chi connectivity index (χ4v) is 5.90. The maximum absolute atomic E-state index is 13.9. The lowest BCUT2D eigenvalue weighted by atomic mass is 9.60. The van der Waals surface area contributed by atoms with Crippen molar-refractivity contribution in [2.45, 2.75) is 24.9 Å². The summed E-state index contributed by atoms with van der Waals surface area (Å²) < 4.78 is 1.55. The SMILES string of the molecule is CN(C)c1cc(-c2ccnn2C)c(O)c2c1C[C@H]1C[C@H]3CC(O)=C(C(N)=O)C(=O)[C@@]3(O)C(O)=C1C2=O. The number of Topliss-reactive ketones (excluding diaryl/α,β-unsaturated/α-hetero) is 2. The maximum Gasteiger partial charge on any atom is 0.255 e. The van der Waals surface area contributed by atoms with E-state index >= 15 is 0 Å². The molecular weight excluding hydrogens is 468 g/mol. The number of nitrogens with two attached hydrogens (primary N) is 1. The standard InChI is InChI=1S/C25H26N4O7/c1-28(2)15-9-13(14-4-5-27-29(14)3)20(31)18-12(15)7-10-6-11-8-16(30)19(24(26)35)23(34)25(11,36)22(33)17(10)21(18)32/h4-5,9-11,30-31,33,36H,6-8H2,1-3H3,(H2,26,35)/t10-,11+,25+/m1/s1. The second-order valence-electron chi connectivity index (χ2n) is 9.79. The summed E-state index contributed by atoms with van der Waals surface area (Å²) in [7, 11) is 5.31. The molecule has 0 unspecified atom stereocenters. The third-order valence-electron chi connectivity index (χ3n) is 7.62. The van der Waals surface area contributed by atoms with Gasteiger partial charge in [0.2, 0.25) is 5.78 Å². The van der Waals surface area contributed by atoms with E-state index in [1.165, 1.54) is 0 Å². The van der Waals surface area contributed by atoms with Crippen LogP contribution >= 0.6 is 0 Å². The molecule has 3 aliphatic carbocycles. The summed E-state index contributed by atoms with van der Waals surface area (Å²) in [6.45, 7) is 0. The molecule has 1 heterocycles. The van der Waals surface area contributed by atoms with Gasteiger partial charge in [-0.1, -0.05) is 0 Å². The van der Waals surface area contributed by atoms with E-state index in [2.05, 4.69) is 5.10 Å². The van der Waals surface area contributed by atoms with Crippen molar-refractivity contribution >= 4 is 23.2 Å². The third kappa shape index (κ3) is 2.95. The molecule has 0 aliphatic heterocycles. The van der Waals surface area contributed by atoms with Gasteiger partial charge in [0.1, 0.15) is 22.8 Å². The normalized spacial score (nSPS) is 25.4. The largest absolute Gasteiger partial charge is 0.511 e. The van der Waals surface area contributed by atoms with Gasteiger partial charge in [-0.05, 0) is 36.5 Å². The molecular formula is C25H26N4O7. The van der Waals surface area contributed by atoms with Crippen LogP contribution in [0.4, 0.5) is 5.69 Å². The number of carbonyl (C=O) groups excluding carboxylic acids is 3. The number of phenols is 1. The molecule has 1 aromatic carbocycles. The Hall–Kier alpha value is -4.12. The van der Waals surface area contributed by atoms with Crippen molar-refractivity contribution in [3.8, 4) is 17.0 Å². The number of carbonyl (C=O) groups is 3. The van der Waals surface area contributed by atoms with Crippen LogP contribution in [0.2, 0.25) is 0 Å². The Bertz CT molecular complexity index is 1430. The first-order valence-corrected chi connectivity index (χ1v) is 11.4. The van der Waals surface area contributed by atoms with Gasteiger partial charge in [-0.15, -0.1) is 0 Å². The highest BCUT2D eigenvalue weighted by Gasteiger charge is 2.59. The number of nitrogens with zero attached hydrogens (tertiary/aromatic N) is 3. The fraction of sp³-hybridized carbons (Fsp3) is 0.360. The van der Waals surface area contributed by atoms with Gasteiger partial charge in [0.25, 0.3) is 5.91 Å². The van der Waals surface area contributed by atoms with Crippen molar-refractivity contribution in [2.75, 3.05) is 19.0 Å². The zero-order valence-electron chi connectivity index (χ0n) is 19.9. The molecule has 11 heteroatoms. The summed E-state index contributed by atoms with van der Waals surface area (Å²) >= 11 is 0. The van der Waals surface area contributed by atoms with E-state index in [0.29, 0.717) is 22.5 Å². The molecule has 1 aromatic heterocycles. The van der Waals surface area contributed by atoms with Crippen molar-refractivity contribution in [1.29, 1.82) is 0 Å². The number of anilines is 1. The predicted octanol–water partition coefficient (Wildman–Crippen LogP) is 1.05. The Morgan fingerprint density at radius 3 is 2.50 bits per heavy atom. The van der Waals surface area contributed by atoms with Gasteiger partial charge >= 0.3 is 0 Å². The van der Waals surface area contributed by atoms with Gasteiger partial charge in [0.15, 0.2) is 11.4 Å². The molecule has 0 saturated carbocycles. The Morgan fingerprint density at radius 1 is 1.22 bits per heavy atom. The number of benzene rings is 1. The second kappa shape index (κ2) is 7.69. The molecule has 11 nitrogen and oxygen atoms in total. The number of aryl methyl sites for hydroxylation is 1. The molecule has 0 radical (unpaired) electrons. The summed E-state index contributed by atoms with van der Waals surface area (Å²) in [5, 5.41) is 48.3. The first kappa shape index (κ1) is 23.6. The highest BCUT2D eigenvalue weighted by atomic mass is 16.3. The number of rotatable bonds is 3. The number of aromatic nitrogens is 2. The minimum absolute atomic E-state index is 0.0333. The van der Waals surface area contributed by atoms with Crippen molar-refractivity contribution in [3.63, 3.8) is 0 Å². The summed E-state index contributed by atoms with van der Waals surface area (Å²) in [6.07, 6.45) is 1.61. The van der Waals surface area contributed by atoms with Crippen LogP contribution < -0.4 is 10.6 Å². The van der Waals surface area contributed by atoms with Gasteiger partial charge in [0, 0.05) is 56.5 Å². The lowest BCUT2D eigenvalue weighted by Crippen LogP contribution is -2.57. The smallest absolute Gasteiger partial charge is 0.255 e. The lowest BCUT2D eigenvalue weighted by molar-refractivity contribution is -0.144. The first-order chi connectivity index (χ1) is 16.9. The van der Waals surface area contributed by atoms with Crippen LogP contribution in [0.15, 0.2) is 41.0 Å². The highest BCUT2D eigenvalue weighted by molar-refractivity contribution is 6.24. The zero-order chi connectivity index (χ0) is 26.3. The zero-order valence-corrected chi connectivity index (χ0v) is 19.9. The number of aromatic hydroxyl groups is 1. The Kier molecular flexibility index (Phi) is 5.04. The van der Waals surface area contributed by atoms with E-state index < -0.39 is 52.0 Å². The second-order valence-corrected chi connectivity index (χ2v) is 9.79. The number of allylic oxidation sites excluding steroid dienone is 2. The van der Waals surface area contributed by atoms with Crippen LogP contribution in [0, 0.1) is 11.8 Å². The summed E-state index contributed by atoms with van der Waals surface area (Å²) in [5.41, 5.74) is 3.80. The minimum Gasteiger partial charge on any atom is -0.511 e. The molecule has 0 spiro atoms. The molecule has 3 aliphatic rings. The van der Waals surface area contributed by atoms with Crippen molar-refractivity contribution in [3.05, 3.63) is 52.1 Å². The number of phenolic OH excluding ortho intramolecular Hbond substituents is 1. The van der Waals surface area contributed by atoms with Crippen molar-refractivity contribution < 1.29 is 34.8 Å². The topological polar surface area (TPSA) is 179 Å². The molecule has 0 saturated heterocycles. The third-order valence-corrected chi connectivity index (χ3v) is 7.62. The van der Waals surface area contributed by atoms with E-state index in [9.17, 15) is 34.8 Å². The molecule has 3 atom stereocenters. The maximum atomic E-state index is 13.9. The van der Waals surface area contributed by atoms with Gasteiger partial charge in [-0.25, -0.2) is 0 Å². The molecule has 6 N–H and O–H groups in total. The van der Waals surface area contributed by atoms with Gasteiger partial charge in [-0.3, -0.25) is 19.1 Å². The van der Waals surface area contributed by atoms with E-state index in [0.717, 1.165) is 0 Å². The molecule has 5 rings (SSSR count). The van der Waals surface area contributed by atoms with E-state index in [1.54, 1.807) is 44.2 Å². The summed E-state index contributed by atoms with van der Waals surface area (Å²) in [6, 6.07) is 3.45. The number of fused-ring (bicyclic) bond motifs is 3. The Labute approximate surface area is 205 Å². The molecule has 0 fully saturated rings. The number of primary amides is 1. The van der Waals surface area contributed by atoms with Crippen LogP contribution in [0.5, 0.6) is 5.75 Å². The lowest BCUT2D eigenvalue weighted by Gasteiger charge is -2.46. The average Bonchev–Trinajstić information content (AvgIpc) is 3.21. The van der Waals surface area contributed by atoms with Crippen LogP contribution in [0.1, 0.15) is 28.8 Å². The number of ketones is 2. The van der Waals surface area contributed by atoms with Crippen LogP contribution in [0.25, 0.3) is 11.3 Å². The number of aliphatic hydroxyl groups is 3. The van der Waals surface area contributed by atoms with Crippen molar-refractivity contribution in [1.82, 2.24) is 9.78 Å². The summed E-state index contributed by atoms with van der Waals surface area (Å²) in [5.74, 6) is -6.48. The van der Waals surface area contributed by atoms with E-state index in [1.807, 2.05) is 4.90 Å². The first-order valence-electron chi connectivity index (χ1n) is 11.4. The number of hydrogen-bond donors (Lipinski definition) is 5.